The van der Waals surface area contributed by atoms with Crippen molar-refractivity contribution in [2.75, 3.05) is 5.73 Å². The molecule has 0 fully saturated rings. The van der Waals surface area contributed by atoms with E-state index in [2.05, 4.69) is 31.0 Å². The van der Waals surface area contributed by atoms with Gasteiger partial charge in [-0.3, -0.25) is 4.98 Å². The Morgan fingerprint density at radius 3 is 2.70 bits per heavy atom. The van der Waals surface area contributed by atoms with E-state index < -0.39 is 0 Å². The number of nitrogen functional groups attached to an aromatic ring is 1. The van der Waals surface area contributed by atoms with E-state index in [1.807, 2.05) is 26.0 Å². The van der Waals surface area contributed by atoms with E-state index in [9.17, 15) is 0 Å². The van der Waals surface area contributed by atoms with Gasteiger partial charge in [0.05, 0.1) is 5.69 Å². The summed E-state index contributed by atoms with van der Waals surface area (Å²) in [5.41, 5.74) is 11.0. The minimum Gasteiger partial charge on any atom is -0.487 e. The zero-order valence-corrected chi connectivity index (χ0v) is 12.6. The van der Waals surface area contributed by atoms with Gasteiger partial charge >= 0.3 is 0 Å². The first-order chi connectivity index (χ1) is 9.49. The van der Waals surface area contributed by atoms with Crippen molar-refractivity contribution in [1.29, 1.82) is 0 Å². The molecule has 0 aliphatic rings. The van der Waals surface area contributed by atoms with Crippen LogP contribution in [0.5, 0.6) is 5.75 Å². The third kappa shape index (κ3) is 3.10. The normalized spacial score (nSPS) is 10.8. The summed E-state index contributed by atoms with van der Waals surface area (Å²) >= 11 is 0. The number of aromatic nitrogens is 1. The van der Waals surface area contributed by atoms with E-state index >= 15 is 0 Å². The molecule has 0 amide bonds. The fourth-order valence-corrected chi connectivity index (χ4v) is 2.05. The third-order valence-electron chi connectivity index (χ3n) is 3.58. The molecule has 20 heavy (non-hydrogen) atoms. The fourth-order valence-electron chi connectivity index (χ4n) is 2.05. The van der Waals surface area contributed by atoms with Crippen LogP contribution in [0.25, 0.3) is 0 Å². The molecular weight excluding hydrogens is 248 g/mol. The molecule has 2 N–H and O–H groups in total. The summed E-state index contributed by atoms with van der Waals surface area (Å²) in [6.07, 6.45) is 1.80. The number of nitrogens with two attached hydrogens (primary N) is 1. The fraction of sp³-hybridized carbons (Fsp3) is 0.353. The summed E-state index contributed by atoms with van der Waals surface area (Å²) in [4.78, 5) is 4.41. The molecule has 0 spiro atoms. The van der Waals surface area contributed by atoms with Crippen LogP contribution < -0.4 is 10.5 Å². The summed E-state index contributed by atoms with van der Waals surface area (Å²) in [5, 5.41) is 0. The Bertz CT molecular complexity index is 606. The number of hydrogen-bond acceptors (Lipinski definition) is 3. The Balaban J connectivity index is 2.13. The molecule has 0 saturated heterocycles. The summed E-state index contributed by atoms with van der Waals surface area (Å²) < 4.78 is 5.84. The van der Waals surface area contributed by atoms with E-state index in [4.69, 9.17) is 10.5 Å². The highest BCUT2D eigenvalue weighted by molar-refractivity contribution is 5.53. The Kier molecular flexibility index (Phi) is 4.28. The molecule has 0 unspecified atom stereocenters. The molecule has 0 aliphatic heterocycles. The second-order valence-corrected chi connectivity index (χ2v) is 5.44. The molecular formula is C17H22N2O. The first-order valence-electron chi connectivity index (χ1n) is 6.92. The van der Waals surface area contributed by atoms with Gasteiger partial charge in [-0.15, -0.1) is 0 Å². The SMILES string of the molecule is Cc1cnc(COc2cccc(C(C)C)c2)c(C)c1N. The van der Waals surface area contributed by atoms with Crippen LogP contribution in [0.2, 0.25) is 0 Å². The average molecular weight is 270 g/mol. The maximum Gasteiger partial charge on any atom is 0.131 e. The molecule has 2 rings (SSSR count). The van der Waals surface area contributed by atoms with Crippen LogP contribution in [0, 0.1) is 13.8 Å². The van der Waals surface area contributed by atoms with Crippen LogP contribution >= 0.6 is 0 Å². The van der Waals surface area contributed by atoms with Crippen molar-refractivity contribution >= 4 is 5.69 Å². The lowest BCUT2D eigenvalue weighted by atomic mass is 10.0. The second kappa shape index (κ2) is 5.95. The maximum atomic E-state index is 6.02. The number of benzene rings is 1. The van der Waals surface area contributed by atoms with Crippen LogP contribution in [-0.4, -0.2) is 4.98 Å². The number of anilines is 1. The van der Waals surface area contributed by atoms with Gasteiger partial charge in [-0.1, -0.05) is 26.0 Å². The van der Waals surface area contributed by atoms with E-state index in [0.29, 0.717) is 12.5 Å². The van der Waals surface area contributed by atoms with Crippen LogP contribution in [0.1, 0.15) is 42.1 Å². The van der Waals surface area contributed by atoms with Gasteiger partial charge in [0, 0.05) is 11.9 Å². The van der Waals surface area contributed by atoms with E-state index in [0.717, 1.165) is 28.3 Å². The molecule has 3 heteroatoms. The van der Waals surface area contributed by atoms with E-state index in [1.165, 1.54) is 5.56 Å². The predicted molar refractivity (Wildman–Crippen MR) is 83.0 cm³/mol. The standard InChI is InChI=1S/C17H22N2O/c1-11(2)14-6-5-7-15(8-14)20-10-16-13(4)17(18)12(3)9-19-16/h5-9,11H,10H2,1-4H3,(H2,18,19). The topological polar surface area (TPSA) is 48.1 Å². The van der Waals surface area contributed by atoms with Crippen molar-refractivity contribution in [2.24, 2.45) is 0 Å². The van der Waals surface area contributed by atoms with Gasteiger partial charge in [0.25, 0.3) is 0 Å². The molecule has 2 aromatic rings. The van der Waals surface area contributed by atoms with Crippen molar-refractivity contribution in [1.82, 2.24) is 4.98 Å². The monoisotopic (exact) mass is 270 g/mol. The highest BCUT2D eigenvalue weighted by Crippen LogP contribution is 2.22. The van der Waals surface area contributed by atoms with Crippen molar-refractivity contribution < 1.29 is 4.74 Å². The molecule has 0 radical (unpaired) electrons. The number of hydrogen-bond donors (Lipinski definition) is 1. The van der Waals surface area contributed by atoms with Gasteiger partial charge < -0.3 is 10.5 Å². The van der Waals surface area contributed by atoms with Crippen LogP contribution in [0.3, 0.4) is 0 Å². The molecule has 1 aromatic carbocycles. The van der Waals surface area contributed by atoms with Crippen LogP contribution in [0.15, 0.2) is 30.5 Å². The highest BCUT2D eigenvalue weighted by Gasteiger charge is 2.07. The summed E-state index contributed by atoms with van der Waals surface area (Å²) in [7, 11) is 0. The third-order valence-corrected chi connectivity index (χ3v) is 3.58. The molecule has 1 heterocycles. The minimum atomic E-state index is 0.442. The summed E-state index contributed by atoms with van der Waals surface area (Å²) in [6.45, 7) is 8.74. The highest BCUT2D eigenvalue weighted by atomic mass is 16.5. The molecule has 0 aliphatic carbocycles. The molecule has 0 atom stereocenters. The maximum absolute atomic E-state index is 6.02. The number of nitrogens with zero attached hydrogens (tertiary/aromatic N) is 1. The molecule has 0 bridgehead atoms. The zero-order valence-electron chi connectivity index (χ0n) is 12.6. The van der Waals surface area contributed by atoms with Gasteiger partial charge in [0.15, 0.2) is 0 Å². The first kappa shape index (κ1) is 14.4. The predicted octanol–water partition coefficient (Wildman–Crippen LogP) is 3.98. The Morgan fingerprint density at radius 2 is 2.00 bits per heavy atom. The molecule has 0 saturated carbocycles. The van der Waals surface area contributed by atoms with Gasteiger partial charge in [0.1, 0.15) is 12.4 Å². The summed E-state index contributed by atoms with van der Waals surface area (Å²) in [5.74, 6) is 1.37. The zero-order chi connectivity index (χ0) is 14.7. The summed E-state index contributed by atoms with van der Waals surface area (Å²) in [6, 6.07) is 8.19. The van der Waals surface area contributed by atoms with Crippen LogP contribution in [-0.2, 0) is 6.61 Å². The molecule has 106 valence electrons. The van der Waals surface area contributed by atoms with Gasteiger partial charge in [-0.2, -0.15) is 0 Å². The minimum absolute atomic E-state index is 0.442. The first-order valence-corrected chi connectivity index (χ1v) is 6.92. The Morgan fingerprint density at radius 1 is 1.25 bits per heavy atom. The molecule has 1 aromatic heterocycles. The smallest absolute Gasteiger partial charge is 0.131 e. The number of pyridine rings is 1. The van der Waals surface area contributed by atoms with Crippen molar-refractivity contribution in [3.63, 3.8) is 0 Å². The van der Waals surface area contributed by atoms with Gasteiger partial charge in [-0.05, 0) is 48.6 Å². The second-order valence-electron chi connectivity index (χ2n) is 5.44. The number of rotatable bonds is 4. The van der Waals surface area contributed by atoms with Crippen LogP contribution in [0.4, 0.5) is 5.69 Å². The lowest BCUT2D eigenvalue weighted by molar-refractivity contribution is 0.300. The van der Waals surface area contributed by atoms with Crippen molar-refractivity contribution in [3.8, 4) is 5.75 Å². The quantitative estimate of drug-likeness (QED) is 0.914. The average Bonchev–Trinajstić information content (AvgIpc) is 2.44. The molecule has 3 nitrogen and oxygen atoms in total. The lowest BCUT2D eigenvalue weighted by Crippen LogP contribution is -2.05. The van der Waals surface area contributed by atoms with Gasteiger partial charge in [0.2, 0.25) is 0 Å². The number of aryl methyl sites for hydroxylation is 1. The largest absolute Gasteiger partial charge is 0.487 e. The number of ether oxygens (including phenoxy) is 1. The van der Waals surface area contributed by atoms with E-state index in [1.54, 1.807) is 6.20 Å². The van der Waals surface area contributed by atoms with Crippen molar-refractivity contribution in [2.45, 2.75) is 40.2 Å². The van der Waals surface area contributed by atoms with Gasteiger partial charge in [-0.25, -0.2) is 0 Å². The lowest BCUT2D eigenvalue weighted by Gasteiger charge is -2.12. The Labute approximate surface area is 120 Å². The Hall–Kier alpha value is -2.03. The van der Waals surface area contributed by atoms with Crippen molar-refractivity contribution in [3.05, 3.63) is 52.8 Å². The van der Waals surface area contributed by atoms with E-state index in [-0.39, 0.29) is 0 Å².